The molecule has 4 aromatic rings. The van der Waals surface area contributed by atoms with E-state index in [4.69, 9.17) is 14.0 Å². The summed E-state index contributed by atoms with van der Waals surface area (Å²) in [5, 5.41) is 3.92. The van der Waals surface area contributed by atoms with Crippen LogP contribution < -0.4 is 20.7 Å². The Balaban J connectivity index is 1.61. The van der Waals surface area contributed by atoms with Crippen LogP contribution in [0.2, 0.25) is 0 Å². The minimum Gasteiger partial charge on any atom is -0.496 e. The lowest BCUT2D eigenvalue weighted by Crippen LogP contribution is -2.40. The average molecular weight is 440 g/mol. The van der Waals surface area contributed by atoms with Crippen molar-refractivity contribution in [1.29, 1.82) is 0 Å². The second kappa shape index (κ2) is 9.08. The van der Waals surface area contributed by atoms with Crippen molar-refractivity contribution in [1.82, 2.24) is 29.2 Å². The van der Waals surface area contributed by atoms with Gasteiger partial charge >= 0.3 is 5.69 Å². The first-order valence-corrected chi connectivity index (χ1v) is 10.4. The van der Waals surface area contributed by atoms with Gasteiger partial charge in [0.25, 0.3) is 17.5 Å². The Morgan fingerprint density at radius 3 is 2.56 bits per heavy atom. The fraction of sp³-hybridized carbons (Fsp3) is 0.381. The number of para-hydroxylation sites is 1. The standard InChI is InChI=1S/C21H24N6O5/c1-4-10-26-17-16(19(28)27(11-5-2)21(26)29)23-20(24-17)31-12-15-22-18(32-25-15)13-8-6-7-9-14(13)30-3/h6-9H,4-5,10-12H2,1-3H3,(H,23,24). The zero-order valence-corrected chi connectivity index (χ0v) is 18.1. The largest absolute Gasteiger partial charge is 0.496 e. The summed E-state index contributed by atoms with van der Waals surface area (Å²) in [5.41, 5.74) is 0.373. The van der Waals surface area contributed by atoms with Gasteiger partial charge in [0, 0.05) is 13.1 Å². The molecule has 0 unspecified atom stereocenters. The molecule has 0 aliphatic rings. The van der Waals surface area contributed by atoms with E-state index < -0.39 is 5.56 Å². The van der Waals surface area contributed by atoms with Gasteiger partial charge in [-0.3, -0.25) is 13.9 Å². The molecule has 0 atom stereocenters. The Morgan fingerprint density at radius 1 is 1.06 bits per heavy atom. The van der Waals surface area contributed by atoms with E-state index in [0.29, 0.717) is 42.5 Å². The number of methoxy groups -OCH3 is 1. The Bertz CT molecular complexity index is 1350. The molecule has 0 saturated heterocycles. The third kappa shape index (κ3) is 3.88. The van der Waals surface area contributed by atoms with E-state index in [0.717, 1.165) is 6.42 Å². The highest BCUT2D eigenvalue weighted by atomic mass is 16.5. The van der Waals surface area contributed by atoms with Gasteiger partial charge in [-0.15, -0.1) is 0 Å². The van der Waals surface area contributed by atoms with E-state index in [-0.39, 0.29) is 29.5 Å². The molecule has 0 radical (unpaired) electrons. The number of hydrogen-bond acceptors (Lipinski definition) is 8. The molecule has 11 nitrogen and oxygen atoms in total. The molecular weight excluding hydrogens is 416 g/mol. The van der Waals surface area contributed by atoms with Gasteiger partial charge in [0.1, 0.15) is 5.75 Å². The quantitative estimate of drug-likeness (QED) is 0.420. The molecule has 0 aliphatic heterocycles. The number of fused-ring (bicyclic) bond motifs is 1. The van der Waals surface area contributed by atoms with Gasteiger partial charge in [-0.05, 0) is 25.0 Å². The number of aromatic amines is 1. The monoisotopic (exact) mass is 440 g/mol. The number of aryl methyl sites for hydroxylation is 1. The molecule has 11 heteroatoms. The number of nitrogens with one attached hydrogen (secondary N) is 1. The summed E-state index contributed by atoms with van der Waals surface area (Å²) in [6.07, 6.45) is 1.38. The number of hydrogen-bond donors (Lipinski definition) is 1. The Morgan fingerprint density at radius 2 is 1.81 bits per heavy atom. The summed E-state index contributed by atoms with van der Waals surface area (Å²) in [4.78, 5) is 37.1. The smallest absolute Gasteiger partial charge is 0.332 e. The van der Waals surface area contributed by atoms with Gasteiger partial charge < -0.3 is 19.0 Å². The SMILES string of the molecule is CCCn1c(=O)c2[nH]c(OCc3noc(-c4ccccc4OC)n3)nc2n(CCC)c1=O. The molecule has 1 aromatic carbocycles. The van der Waals surface area contributed by atoms with Crippen LogP contribution in [0, 0.1) is 0 Å². The van der Waals surface area contributed by atoms with Crippen LogP contribution in [0.1, 0.15) is 32.5 Å². The fourth-order valence-electron chi connectivity index (χ4n) is 3.44. The Kier molecular flexibility index (Phi) is 6.06. The van der Waals surface area contributed by atoms with Crippen LogP contribution in [0.25, 0.3) is 22.6 Å². The number of benzene rings is 1. The van der Waals surface area contributed by atoms with Crippen molar-refractivity contribution in [2.75, 3.05) is 7.11 Å². The fourth-order valence-corrected chi connectivity index (χ4v) is 3.44. The van der Waals surface area contributed by atoms with Crippen LogP contribution in [0.5, 0.6) is 11.8 Å². The summed E-state index contributed by atoms with van der Waals surface area (Å²) in [7, 11) is 1.56. The molecule has 0 bridgehead atoms. The summed E-state index contributed by atoms with van der Waals surface area (Å²) < 4.78 is 19.0. The predicted molar refractivity (Wildman–Crippen MR) is 116 cm³/mol. The zero-order chi connectivity index (χ0) is 22.7. The zero-order valence-electron chi connectivity index (χ0n) is 18.1. The van der Waals surface area contributed by atoms with Crippen molar-refractivity contribution in [3.63, 3.8) is 0 Å². The molecule has 4 rings (SSSR count). The van der Waals surface area contributed by atoms with Crippen LogP contribution in [0.15, 0.2) is 38.4 Å². The van der Waals surface area contributed by atoms with Crippen molar-refractivity contribution in [2.24, 2.45) is 0 Å². The maximum Gasteiger partial charge on any atom is 0.332 e. The maximum atomic E-state index is 12.8. The highest BCUT2D eigenvalue weighted by Crippen LogP contribution is 2.28. The lowest BCUT2D eigenvalue weighted by molar-refractivity contribution is 0.268. The van der Waals surface area contributed by atoms with Crippen LogP contribution in [0.3, 0.4) is 0 Å². The molecule has 168 valence electrons. The first kappa shape index (κ1) is 21.3. The minimum atomic E-state index is -0.417. The summed E-state index contributed by atoms with van der Waals surface area (Å²) in [6.45, 7) is 4.59. The van der Waals surface area contributed by atoms with Gasteiger partial charge in [-0.1, -0.05) is 31.1 Å². The van der Waals surface area contributed by atoms with Gasteiger partial charge in [0.15, 0.2) is 17.8 Å². The molecule has 0 spiro atoms. The van der Waals surface area contributed by atoms with Crippen LogP contribution >= 0.6 is 0 Å². The minimum absolute atomic E-state index is 0.0420. The molecule has 3 aromatic heterocycles. The van der Waals surface area contributed by atoms with Crippen molar-refractivity contribution < 1.29 is 14.0 Å². The lowest BCUT2D eigenvalue weighted by Gasteiger charge is -2.09. The van der Waals surface area contributed by atoms with Gasteiger partial charge in [0.2, 0.25) is 5.82 Å². The molecule has 0 aliphatic carbocycles. The first-order valence-electron chi connectivity index (χ1n) is 10.4. The van der Waals surface area contributed by atoms with Gasteiger partial charge in [0.05, 0.1) is 12.7 Å². The normalized spacial score (nSPS) is 11.2. The topological polar surface area (TPSA) is 130 Å². The highest BCUT2D eigenvalue weighted by molar-refractivity contribution is 5.70. The molecule has 0 saturated carbocycles. The molecule has 1 N–H and O–H groups in total. The number of nitrogens with zero attached hydrogens (tertiary/aromatic N) is 5. The van der Waals surface area contributed by atoms with Crippen LogP contribution in [0.4, 0.5) is 0 Å². The van der Waals surface area contributed by atoms with Crippen molar-refractivity contribution in [2.45, 2.75) is 46.4 Å². The number of H-pyrrole nitrogens is 1. The van der Waals surface area contributed by atoms with Crippen LogP contribution in [-0.2, 0) is 19.7 Å². The molecular formula is C21H24N6O5. The van der Waals surface area contributed by atoms with Gasteiger partial charge in [-0.25, -0.2) is 4.79 Å². The Labute approximate surface area is 182 Å². The second-order valence-corrected chi connectivity index (χ2v) is 7.14. The highest BCUT2D eigenvalue weighted by Gasteiger charge is 2.18. The van der Waals surface area contributed by atoms with E-state index >= 15 is 0 Å². The molecule has 0 fully saturated rings. The Hall–Kier alpha value is -3.89. The number of ether oxygens (including phenoxy) is 2. The van der Waals surface area contributed by atoms with E-state index in [1.165, 1.54) is 9.13 Å². The molecule has 0 amide bonds. The second-order valence-electron chi connectivity index (χ2n) is 7.14. The van der Waals surface area contributed by atoms with Crippen molar-refractivity contribution in [3.8, 4) is 23.2 Å². The van der Waals surface area contributed by atoms with Gasteiger partial charge in [-0.2, -0.15) is 9.97 Å². The van der Waals surface area contributed by atoms with E-state index in [9.17, 15) is 9.59 Å². The summed E-state index contributed by atoms with van der Waals surface area (Å²) in [5.74, 6) is 1.20. The average Bonchev–Trinajstić information content (AvgIpc) is 3.45. The van der Waals surface area contributed by atoms with Crippen molar-refractivity contribution in [3.05, 3.63) is 50.9 Å². The lowest BCUT2D eigenvalue weighted by atomic mass is 10.2. The third-order valence-electron chi connectivity index (χ3n) is 4.88. The molecule has 3 heterocycles. The van der Waals surface area contributed by atoms with E-state index in [1.54, 1.807) is 13.2 Å². The number of imidazole rings is 1. The maximum absolute atomic E-state index is 12.8. The summed E-state index contributed by atoms with van der Waals surface area (Å²) >= 11 is 0. The number of aromatic nitrogens is 6. The first-order chi connectivity index (χ1) is 15.6. The summed E-state index contributed by atoms with van der Waals surface area (Å²) in [6, 6.07) is 7.39. The number of rotatable bonds is 9. The van der Waals surface area contributed by atoms with Crippen LogP contribution in [-0.4, -0.2) is 36.4 Å². The molecule has 32 heavy (non-hydrogen) atoms. The van der Waals surface area contributed by atoms with E-state index in [1.807, 2.05) is 32.0 Å². The third-order valence-corrected chi connectivity index (χ3v) is 4.88. The van der Waals surface area contributed by atoms with E-state index in [2.05, 4.69) is 20.1 Å². The van der Waals surface area contributed by atoms with Crippen molar-refractivity contribution >= 4 is 11.2 Å². The predicted octanol–water partition coefficient (Wildman–Crippen LogP) is 2.34.